The fraction of sp³-hybridized carbons (Fsp3) is 0.409. The largest absolute Gasteiger partial charge is 0.465 e. The summed E-state index contributed by atoms with van der Waals surface area (Å²) in [6.07, 6.45) is 5.22. The van der Waals surface area contributed by atoms with Gasteiger partial charge < -0.3 is 23.9 Å². The molecular weight excluding hydrogens is 390 g/mol. The second kappa shape index (κ2) is 9.47. The van der Waals surface area contributed by atoms with Gasteiger partial charge in [0.2, 0.25) is 5.88 Å². The van der Waals surface area contributed by atoms with Crippen LogP contribution in [0.1, 0.15) is 63.2 Å². The third-order valence-electron chi connectivity index (χ3n) is 5.20. The van der Waals surface area contributed by atoms with Gasteiger partial charge in [-0.25, -0.2) is 14.4 Å². The molecule has 1 aromatic heterocycles. The van der Waals surface area contributed by atoms with E-state index in [1.165, 1.54) is 27.8 Å². The molecule has 0 radical (unpaired) electrons. The zero-order chi connectivity index (χ0) is 21.7. The van der Waals surface area contributed by atoms with Gasteiger partial charge in [0.1, 0.15) is 11.1 Å². The number of hydrogen-bond acceptors (Lipinski definition) is 8. The van der Waals surface area contributed by atoms with E-state index in [9.17, 15) is 14.4 Å². The van der Waals surface area contributed by atoms with E-state index in [-0.39, 0.29) is 28.8 Å². The van der Waals surface area contributed by atoms with E-state index < -0.39 is 17.9 Å². The minimum Gasteiger partial charge on any atom is -0.465 e. The van der Waals surface area contributed by atoms with Crippen molar-refractivity contribution < 1.29 is 33.0 Å². The molecular formula is C22H25NO7. The predicted octanol–water partition coefficient (Wildman–Crippen LogP) is 4.05. The smallest absolute Gasteiger partial charge is 0.344 e. The number of esters is 3. The highest BCUT2D eigenvalue weighted by Crippen LogP contribution is 2.37. The molecule has 3 rings (SSSR count). The van der Waals surface area contributed by atoms with Crippen molar-refractivity contribution >= 4 is 23.8 Å². The fourth-order valence-electron chi connectivity index (χ4n) is 3.64. The summed E-state index contributed by atoms with van der Waals surface area (Å²) in [5.74, 6) is -1.56. The van der Waals surface area contributed by atoms with Gasteiger partial charge in [0, 0.05) is 11.6 Å². The number of rotatable bonds is 6. The first-order chi connectivity index (χ1) is 14.5. The fourth-order valence-corrected chi connectivity index (χ4v) is 3.64. The normalized spacial score (nSPS) is 14.1. The molecule has 1 aliphatic rings. The lowest BCUT2D eigenvalue weighted by Gasteiger charge is -2.22. The highest BCUT2D eigenvalue weighted by Gasteiger charge is 2.33. The number of benzene rings is 1. The monoisotopic (exact) mass is 415 g/mol. The molecule has 0 unspecified atom stereocenters. The first-order valence-corrected chi connectivity index (χ1v) is 9.78. The molecule has 160 valence electrons. The van der Waals surface area contributed by atoms with Crippen LogP contribution in [-0.2, 0) is 14.2 Å². The second-order valence-corrected chi connectivity index (χ2v) is 7.04. The van der Waals surface area contributed by atoms with Crippen LogP contribution in [0, 0.1) is 0 Å². The zero-order valence-corrected chi connectivity index (χ0v) is 17.3. The Morgan fingerprint density at radius 3 is 1.97 bits per heavy atom. The Bertz CT molecular complexity index is 924. The van der Waals surface area contributed by atoms with E-state index in [0.29, 0.717) is 11.1 Å². The maximum absolute atomic E-state index is 12.6. The summed E-state index contributed by atoms with van der Waals surface area (Å²) in [5, 5.41) is 3.26. The van der Waals surface area contributed by atoms with Gasteiger partial charge in [-0.3, -0.25) is 0 Å². The van der Waals surface area contributed by atoms with Crippen molar-refractivity contribution in [1.29, 1.82) is 0 Å². The van der Waals surface area contributed by atoms with Crippen molar-refractivity contribution in [2.75, 3.05) is 26.6 Å². The Balaban J connectivity index is 2.09. The van der Waals surface area contributed by atoms with Crippen LogP contribution in [0.5, 0.6) is 0 Å². The molecule has 1 saturated carbocycles. The molecule has 0 amide bonds. The Morgan fingerprint density at radius 2 is 1.40 bits per heavy atom. The summed E-state index contributed by atoms with van der Waals surface area (Å²) in [6, 6.07) is 6.47. The summed E-state index contributed by atoms with van der Waals surface area (Å²) in [4.78, 5) is 36.8. The standard InChI is InChI=1S/C22H25NO7/c1-27-20(24)14-11-9-13(10-12-14)18-16(21(25)28-2)17(22(26)29-3)19(30-18)23-15-7-5-4-6-8-15/h9-12,15,23H,4-8H2,1-3H3. The molecule has 1 fully saturated rings. The van der Waals surface area contributed by atoms with Gasteiger partial charge in [0.25, 0.3) is 0 Å². The van der Waals surface area contributed by atoms with Crippen molar-refractivity contribution in [3.63, 3.8) is 0 Å². The van der Waals surface area contributed by atoms with Crippen LogP contribution in [-0.4, -0.2) is 45.3 Å². The first-order valence-electron chi connectivity index (χ1n) is 9.78. The molecule has 0 aliphatic heterocycles. The third kappa shape index (κ3) is 4.32. The molecule has 1 N–H and O–H groups in total. The average Bonchev–Trinajstić information content (AvgIpc) is 3.17. The maximum Gasteiger partial charge on any atom is 0.344 e. The average molecular weight is 415 g/mol. The highest BCUT2D eigenvalue weighted by atomic mass is 16.5. The molecule has 0 saturated heterocycles. The molecule has 1 aliphatic carbocycles. The van der Waals surface area contributed by atoms with E-state index in [2.05, 4.69) is 5.32 Å². The number of methoxy groups -OCH3 is 3. The van der Waals surface area contributed by atoms with Gasteiger partial charge in [0.05, 0.1) is 26.9 Å². The summed E-state index contributed by atoms with van der Waals surface area (Å²) in [5.41, 5.74) is 0.835. The van der Waals surface area contributed by atoms with Crippen molar-refractivity contribution in [2.24, 2.45) is 0 Å². The van der Waals surface area contributed by atoms with Gasteiger partial charge in [-0.1, -0.05) is 31.4 Å². The molecule has 0 bridgehead atoms. The summed E-state index contributed by atoms with van der Waals surface area (Å²) < 4.78 is 20.5. The van der Waals surface area contributed by atoms with Crippen LogP contribution in [0.3, 0.4) is 0 Å². The van der Waals surface area contributed by atoms with Crippen molar-refractivity contribution in [3.8, 4) is 11.3 Å². The van der Waals surface area contributed by atoms with E-state index in [0.717, 1.165) is 25.7 Å². The molecule has 8 heteroatoms. The van der Waals surface area contributed by atoms with Crippen LogP contribution in [0.25, 0.3) is 11.3 Å². The maximum atomic E-state index is 12.6. The Morgan fingerprint density at radius 1 is 0.833 bits per heavy atom. The van der Waals surface area contributed by atoms with Crippen LogP contribution < -0.4 is 5.32 Å². The van der Waals surface area contributed by atoms with Crippen molar-refractivity contribution in [1.82, 2.24) is 0 Å². The van der Waals surface area contributed by atoms with Crippen LogP contribution in [0.4, 0.5) is 5.88 Å². The molecule has 0 atom stereocenters. The first kappa shape index (κ1) is 21.4. The van der Waals surface area contributed by atoms with Crippen LogP contribution >= 0.6 is 0 Å². The van der Waals surface area contributed by atoms with Gasteiger partial charge in [-0.2, -0.15) is 0 Å². The van der Waals surface area contributed by atoms with E-state index >= 15 is 0 Å². The number of furan rings is 1. The minimum atomic E-state index is -0.720. The van der Waals surface area contributed by atoms with E-state index in [1.54, 1.807) is 24.3 Å². The molecule has 30 heavy (non-hydrogen) atoms. The number of anilines is 1. The second-order valence-electron chi connectivity index (χ2n) is 7.04. The van der Waals surface area contributed by atoms with Crippen LogP contribution in [0.2, 0.25) is 0 Å². The summed E-state index contributed by atoms with van der Waals surface area (Å²) in [7, 11) is 3.77. The molecule has 1 aromatic carbocycles. The lowest BCUT2D eigenvalue weighted by Crippen LogP contribution is -2.23. The van der Waals surface area contributed by atoms with Gasteiger partial charge >= 0.3 is 17.9 Å². The van der Waals surface area contributed by atoms with Crippen molar-refractivity contribution in [2.45, 2.75) is 38.1 Å². The third-order valence-corrected chi connectivity index (χ3v) is 5.20. The summed E-state index contributed by atoms with van der Waals surface area (Å²) >= 11 is 0. The molecule has 8 nitrogen and oxygen atoms in total. The predicted molar refractivity (Wildman–Crippen MR) is 109 cm³/mol. The lowest BCUT2D eigenvalue weighted by atomic mass is 9.95. The van der Waals surface area contributed by atoms with Crippen LogP contribution in [0.15, 0.2) is 28.7 Å². The van der Waals surface area contributed by atoms with Gasteiger partial charge in [-0.05, 0) is 25.0 Å². The molecule has 1 heterocycles. The van der Waals surface area contributed by atoms with Gasteiger partial charge in [-0.15, -0.1) is 0 Å². The molecule has 2 aromatic rings. The quantitative estimate of drug-likeness (QED) is 0.557. The highest BCUT2D eigenvalue weighted by molar-refractivity contribution is 6.10. The topological polar surface area (TPSA) is 104 Å². The number of carbonyl (C=O) groups is 3. The Hall–Kier alpha value is -3.29. The number of hydrogen-bond donors (Lipinski definition) is 1. The number of ether oxygens (including phenoxy) is 3. The van der Waals surface area contributed by atoms with Crippen molar-refractivity contribution in [3.05, 3.63) is 41.0 Å². The lowest BCUT2D eigenvalue weighted by molar-refractivity contribution is 0.0558. The molecule has 0 spiro atoms. The Labute approximate surface area is 174 Å². The van der Waals surface area contributed by atoms with E-state index in [4.69, 9.17) is 18.6 Å². The summed E-state index contributed by atoms with van der Waals surface area (Å²) in [6.45, 7) is 0. The van der Waals surface area contributed by atoms with E-state index in [1.807, 2.05) is 0 Å². The minimum absolute atomic E-state index is 0.00182. The number of nitrogens with one attached hydrogen (secondary N) is 1. The number of carbonyl (C=O) groups excluding carboxylic acids is 3. The Kier molecular flexibility index (Phi) is 6.76. The zero-order valence-electron chi connectivity index (χ0n) is 17.3. The van der Waals surface area contributed by atoms with Gasteiger partial charge in [0.15, 0.2) is 5.76 Å². The SMILES string of the molecule is COC(=O)c1ccc(-c2oc(NC3CCCCC3)c(C(=O)OC)c2C(=O)OC)cc1.